The molecule has 126 valence electrons. The van der Waals surface area contributed by atoms with E-state index in [9.17, 15) is 20.1 Å². The van der Waals surface area contributed by atoms with Gasteiger partial charge in [0.15, 0.2) is 0 Å². The number of carbonyl (C=O) groups excluding carboxylic acids is 1. The Bertz CT molecular complexity index is 527. The van der Waals surface area contributed by atoms with Crippen molar-refractivity contribution in [3.05, 3.63) is 42.2 Å². The van der Waals surface area contributed by atoms with Gasteiger partial charge in [-0.3, -0.25) is 0 Å². The summed E-state index contributed by atoms with van der Waals surface area (Å²) in [5.41, 5.74) is 0. The Kier molecular flexibility index (Phi) is 6.19. The van der Waals surface area contributed by atoms with Gasteiger partial charge in [-0.15, -0.1) is 0 Å². The van der Waals surface area contributed by atoms with Crippen molar-refractivity contribution < 1.29 is 24.9 Å². The molecule has 0 spiro atoms. The molecule has 1 aliphatic carbocycles. The Balaban J connectivity index is 1.98. The second-order valence-corrected chi connectivity index (χ2v) is 6.16. The molecular formula is C18H24O5. The van der Waals surface area contributed by atoms with E-state index in [1.165, 1.54) is 0 Å². The van der Waals surface area contributed by atoms with Crippen molar-refractivity contribution in [3.63, 3.8) is 0 Å². The SMILES string of the molecule is C[C@@H](C=C(O)[C@H]1[C@H](CC=O)[C@H](O)C[C@@H]1O)COc1ccccc1. The highest BCUT2D eigenvalue weighted by atomic mass is 16.5. The minimum absolute atomic E-state index is 0.0186. The van der Waals surface area contributed by atoms with Crippen LogP contribution in [0.1, 0.15) is 19.8 Å². The standard InChI is InChI=1S/C18H24O5/c1-12(11-23-13-5-3-2-4-6-13)9-16(21)18-14(7-8-19)15(20)10-17(18)22/h2-6,8-9,12,14-15,17-18,20-22H,7,10-11H2,1H3/t12-,14+,15+,17-,18+/m0/s1. The van der Waals surface area contributed by atoms with Crippen molar-refractivity contribution in [2.24, 2.45) is 17.8 Å². The molecule has 1 saturated carbocycles. The van der Waals surface area contributed by atoms with Gasteiger partial charge in [-0.25, -0.2) is 0 Å². The molecular weight excluding hydrogens is 296 g/mol. The van der Waals surface area contributed by atoms with Crippen molar-refractivity contribution >= 4 is 6.29 Å². The minimum atomic E-state index is -0.839. The van der Waals surface area contributed by atoms with Crippen LogP contribution in [-0.2, 0) is 4.79 Å². The van der Waals surface area contributed by atoms with Gasteiger partial charge in [0, 0.05) is 30.6 Å². The molecule has 0 amide bonds. The fraction of sp³-hybridized carbons (Fsp3) is 0.500. The van der Waals surface area contributed by atoms with Crippen molar-refractivity contribution in [1.82, 2.24) is 0 Å². The molecule has 5 nitrogen and oxygen atoms in total. The number of aliphatic hydroxyl groups excluding tert-OH is 3. The van der Waals surface area contributed by atoms with Crippen molar-refractivity contribution in [1.29, 1.82) is 0 Å². The molecule has 1 fully saturated rings. The first kappa shape index (κ1) is 17.5. The topological polar surface area (TPSA) is 87.0 Å². The van der Waals surface area contributed by atoms with Crippen LogP contribution in [0.15, 0.2) is 42.2 Å². The summed E-state index contributed by atoms with van der Waals surface area (Å²) >= 11 is 0. The lowest BCUT2D eigenvalue weighted by molar-refractivity contribution is -0.109. The summed E-state index contributed by atoms with van der Waals surface area (Å²) in [7, 11) is 0. The van der Waals surface area contributed by atoms with Gasteiger partial charge in [0.1, 0.15) is 12.0 Å². The molecule has 5 heteroatoms. The van der Waals surface area contributed by atoms with E-state index in [4.69, 9.17) is 4.74 Å². The normalized spacial score (nSPS) is 29.3. The van der Waals surface area contributed by atoms with E-state index in [1.54, 1.807) is 6.08 Å². The van der Waals surface area contributed by atoms with Crippen LogP contribution >= 0.6 is 0 Å². The highest BCUT2D eigenvalue weighted by Crippen LogP contribution is 2.38. The Hall–Kier alpha value is -1.85. The van der Waals surface area contributed by atoms with Crippen LogP contribution in [0.5, 0.6) is 5.75 Å². The first-order chi connectivity index (χ1) is 11.0. The van der Waals surface area contributed by atoms with E-state index in [-0.39, 0.29) is 24.5 Å². The second kappa shape index (κ2) is 8.13. The first-order valence-electron chi connectivity index (χ1n) is 7.91. The number of hydrogen-bond donors (Lipinski definition) is 3. The largest absolute Gasteiger partial charge is 0.512 e. The van der Waals surface area contributed by atoms with E-state index < -0.39 is 24.0 Å². The molecule has 0 saturated heterocycles. The number of hydrogen-bond acceptors (Lipinski definition) is 5. The van der Waals surface area contributed by atoms with Gasteiger partial charge >= 0.3 is 0 Å². The number of rotatable bonds is 7. The molecule has 2 rings (SSSR count). The van der Waals surface area contributed by atoms with Gasteiger partial charge in [-0.1, -0.05) is 25.1 Å². The van der Waals surface area contributed by atoms with Crippen LogP contribution in [0.4, 0.5) is 0 Å². The maximum atomic E-state index is 10.7. The van der Waals surface area contributed by atoms with Gasteiger partial charge in [-0.05, 0) is 18.2 Å². The van der Waals surface area contributed by atoms with Crippen LogP contribution in [0.3, 0.4) is 0 Å². The third kappa shape index (κ3) is 4.56. The summed E-state index contributed by atoms with van der Waals surface area (Å²) in [5.74, 6) is -0.347. The third-order valence-corrected chi connectivity index (χ3v) is 4.27. The number of aliphatic hydroxyl groups is 3. The maximum absolute atomic E-state index is 10.7. The minimum Gasteiger partial charge on any atom is -0.512 e. The maximum Gasteiger partial charge on any atom is 0.120 e. The Morgan fingerprint density at radius 1 is 1.30 bits per heavy atom. The molecule has 0 bridgehead atoms. The van der Waals surface area contributed by atoms with E-state index in [2.05, 4.69) is 0 Å². The number of carbonyl (C=O) groups is 1. The second-order valence-electron chi connectivity index (χ2n) is 6.16. The zero-order chi connectivity index (χ0) is 16.8. The van der Waals surface area contributed by atoms with Crippen LogP contribution in [-0.4, -0.2) is 40.4 Å². The number of ether oxygens (including phenoxy) is 1. The number of para-hydroxylation sites is 1. The molecule has 5 atom stereocenters. The van der Waals surface area contributed by atoms with Crippen LogP contribution in [0.2, 0.25) is 0 Å². The van der Waals surface area contributed by atoms with Crippen molar-refractivity contribution in [3.8, 4) is 5.75 Å². The molecule has 1 aliphatic rings. The highest BCUT2D eigenvalue weighted by molar-refractivity contribution is 5.50. The highest BCUT2D eigenvalue weighted by Gasteiger charge is 2.43. The van der Waals surface area contributed by atoms with Crippen LogP contribution < -0.4 is 4.74 Å². The molecule has 0 unspecified atom stereocenters. The molecule has 1 aromatic carbocycles. The first-order valence-corrected chi connectivity index (χ1v) is 7.91. The van der Waals surface area contributed by atoms with Crippen LogP contribution in [0.25, 0.3) is 0 Å². The lowest BCUT2D eigenvalue weighted by Crippen LogP contribution is -2.25. The molecule has 23 heavy (non-hydrogen) atoms. The van der Waals surface area contributed by atoms with Crippen LogP contribution in [0, 0.1) is 17.8 Å². The summed E-state index contributed by atoms with van der Waals surface area (Å²) in [6, 6.07) is 9.38. The number of aldehydes is 1. The van der Waals surface area contributed by atoms with Gasteiger partial charge in [0.05, 0.1) is 24.6 Å². The average Bonchev–Trinajstić information content (AvgIpc) is 2.81. The average molecular weight is 320 g/mol. The third-order valence-electron chi connectivity index (χ3n) is 4.27. The smallest absolute Gasteiger partial charge is 0.120 e. The number of benzene rings is 1. The summed E-state index contributed by atoms with van der Waals surface area (Å²) in [6.45, 7) is 2.28. The lowest BCUT2D eigenvalue weighted by Gasteiger charge is -2.22. The molecule has 0 heterocycles. The summed E-state index contributed by atoms with van der Waals surface area (Å²) in [5, 5.41) is 30.3. The van der Waals surface area contributed by atoms with Crippen molar-refractivity contribution in [2.75, 3.05) is 6.61 Å². The Morgan fingerprint density at radius 3 is 2.65 bits per heavy atom. The summed E-state index contributed by atoms with van der Waals surface area (Å²) < 4.78 is 5.63. The van der Waals surface area contributed by atoms with E-state index in [0.29, 0.717) is 12.9 Å². The van der Waals surface area contributed by atoms with E-state index in [0.717, 1.165) is 5.75 Å². The predicted octanol–water partition coefficient (Wildman–Crippen LogP) is 2.09. The fourth-order valence-electron chi connectivity index (χ4n) is 3.12. The van der Waals surface area contributed by atoms with E-state index in [1.807, 2.05) is 37.3 Å². The quantitative estimate of drug-likeness (QED) is 0.529. The van der Waals surface area contributed by atoms with Gasteiger partial charge < -0.3 is 24.9 Å². The molecule has 1 aromatic rings. The molecule has 0 radical (unpaired) electrons. The summed E-state index contributed by atoms with van der Waals surface area (Å²) in [4.78, 5) is 10.7. The zero-order valence-electron chi connectivity index (χ0n) is 13.2. The Morgan fingerprint density at radius 2 is 2.00 bits per heavy atom. The van der Waals surface area contributed by atoms with Crippen molar-refractivity contribution in [2.45, 2.75) is 32.0 Å². The summed E-state index contributed by atoms with van der Waals surface area (Å²) in [6.07, 6.45) is 1.03. The Labute approximate surface area is 136 Å². The zero-order valence-corrected chi connectivity index (χ0v) is 13.2. The monoisotopic (exact) mass is 320 g/mol. The van der Waals surface area contributed by atoms with Gasteiger partial charge in [0.25, 0.3) is 0 Å². The lowest BCUT2D eigenvalue weighted by atomic mass is 9.88. The van der Waals surface area contributed by atoms with E-state index >= 15 is 0 Å². The molecule has 0 aliphatic heterocycles. The van der Waals surface area contributed by atoms with Gasteiger partial charge in [-0.2, -0.15) is 0 Å². The predicted molar refractivity (Wildman–Crippen MR) is 86.1 cm³/mol. The van der Waals surface area contributed by atoms with Gasteiger partial charge in [0.2, 0.25) is 0 Å². The molecule has 3 N–H and O–H groups in total. The molecule has 0 aromatic heterocycles. The fourth-order valence-corrected chi connectivity index (χ4v) is 3.12.